The number of aromatic nitrogens is 2. The first-order chi connectivity index (χ1) is 13.2. The number of nitriles is 1. The summed E-state index contributed by atoms with van der Waals surface area (Å²) in [5, 5.41) is 18.4. The lowest BCUT2D eigenvalue weighted by Crippen LogP contribution is -2.33. The molecule has 1 aromatic heterocycles. The van der Waals surface area contributed by atoms with Gasteiger partial charge in [0.15, 0.2) is 5.69 Å². The van der Waals surface area contributed by atoms with Crippen LogP contribution in [-0.4, -0.2) is 23.1 Å². The Balaban J connectivity index is 1.56. The van der Waals surface area contributed by atoms with E-state index in [0.717, 1.165) is 29.2 Å². The quantitative estimate of drug-likeness (QED) is 0.493. The molecule has 0 amide bonds. The summed E-state index contributed by atoms with van der Waals surface area (Å²) < 4.78 is 0. The Morgan fingerprint density at radius 2 is 2.04 bits per heavy atom. The van der Waals surface area contributed by atoms with Crippen molar-refractivity contribution in [2.45, 2.75) is 12.5 Å². The van der Waals surface area contributed by atoms with Gasteiger partial charge in [0, 0.05) is 18.7 Å². The lowest BCUT2D eigenvalue weighted by atomic mass is 10.0. The first kappa shape index (κ1) is 18.2. The highest BCUT2D eigenvalue weighted by Crippen LogP contribution is 2.14. The third-order valence-corrected chi connectivity index (χ3v) is 4.13. The van der Waals surface area contributed by atoms with Crippen molar-refractivity contribution in [2.24, 2.45) is 11.5 Å². The van der Waals surface area contributed by atoms with Crippen LogP contribution < -0.4 is 27.4 Å². The van der Waals surface area contributed by atoms with Gasteiger partial charge in [-0.3, -0.25) is 0 Å². The fraction of sp³-hybridized carbons (Fsp3) is 0.211. The molecule has 0 fully saturated rings. The maximum absolute atomic E-state index is 8.77. The topological polar surface area (TPSA) is 138 Å². The SMILES string of the molecule is N#Cc1cnc(NC2=CC(NCC[C@H](N)c3ccccc3)=C(N)CN2)cn1. The zero-order valence-corrected chi connectivity index (χ0v) is 14.8. The number of nitrogens with zero attached hydrogens (tertiary/aromatic N) is 3. The normalized spacial score (nSPS) is 14.6. The van der Waals surface area contributed by atoms with Crippen LogP contribution in [0.15, 0.2) is 66.0 Å². The maximum Gasteiger partial charge on any atom is 0.158 e. The highest BCUT2D eigenvalue weighted by Gasteiger charge is 2.12. The van der Waals surface area contributed by atoms with Crippen molar-refractivity contribution in [2.75, 3.05) is 18.4 Å². The van der Waals surface area contributed by atoms with Crippen molar-refractivity contribution in [3.63, 3.8) is 0 Å². The number of hydrogen-bond donors (Lipinski definition) is 5. The third-order valence-electron chi connectivity index (χ3n) is 4.13. The minimum absolute atomic E-state index is 0.0299. The number of dihydropyridines is 1. The molecule has 0 bridgehead atoms. The van der Waals surface area contributed by atoms with Gasteiger partial charge in [0.2, 0.25) is 0 Å². The fourth-order valence-corrected chi connectivity index (χ4v) is 2.64. The molecule has 138 valence electrons. The average Bonchev–Trinajstić information content (AvgIpc) is 2.71. The Kier molecular flexibility index (Phi) is 5.87. The summed E-state index contributed by atoms with van der Waals surface area (Å²) in [4.78, 5) is 8.13. The van der Waals surface area contributed by atoms with Crippen LogP contribution in [0.3, 0.4) is 0 Å². The molecule has 0 saturated carbocycles. The van der Waals surface area contributed by atoms with E-state index in [1.807, 2.05) is 42.5 Å². The Bertz CT molecular complexity index is 865. The maximum atomic E-state index is 8.77. The second-order valence-electron chi connectivity index (χ2n) is 6.11. The Hall–Kier alpha value is -3.57. The van der Waals surface area contributed by atoms with Gasteiger partial charge in [0.25, 0.3) is 0 Å². The standard InChI is InChI=1S/C19H22N8/c20-9-14-10-25-19(12-24-14)27-18-8-17(16(22)11-26-18)23-7-6-15(21)13-4-2-1-3-5-13/h1-5,8,10,12,15,23,26H,6-7,11,21-22H2,(H,25,27)/t15-/m0/s1. The van der Waals surface area contributed by atoms with Crippen LogP contribution in [0.2, 0.25) is 0 Å². The monoisotopic (exact) mass is 362 g/mol. The molecule has 7 N–H and O–H groups in total. The molecule has 2 heterocycles. The van der Waals surface area contributed by atoms with Gasteiger partial charge in [-0.25, -0.2) is 9.97 Å². The Labute approximate surface area is 158 Å². The van der Waals surface area contributed by atoms with Crippen LogP contribution in [0.1, 0.15) is 23.7 Å². The largest absolute Gasteiger partial charge is 0.399 e. The molecular weight excluding hydrogens is 340 g/mol. The number of nitrogens with two attached hydrogens (primary N) is 2. The first-order valence-corrected chi connectivity index (χ1v) is 8.63. The van der Waals surface area contributed by atoms with Crippen molar-refractivity contribution >= 4 is 5.82 Å². The van der Waals surface area contributed by atoms with Gasteiger partial charge < -0.3 is 27.4 Å². The molecule has 0 saturated heterocycles. The van der Waals surface area contributed by atoms with Crippen LogP contribution in [-0.2, 0) is 0 Å². The molecule has 8 nitrogen and oxygen atoms in total. The molecule has 0 aliphatic carbocycles. The molecule has 1 aliphatic heterocycles. The molecule has 2 aromatic rings. The van der Waals surface area contributed by atoms with E-state index in [1.54, 1.807) is 0 Å². The number of hydrogen-bond acceptors (Lipinski definition) is 8. The van der Waals surface area contributed by atoms with E-state index in [0.29, 0.717) is 18.9 Å². The van der Waals surface area contributed by atoms with E-state index in [-0.39, 0.29) is 11.7 Å². The highest BCUT2D eigenvalue weighted by molar-refractivity contribution is 5.44. The second-order valence-corrected chi connectivity index (χ2v) is 6.11. The molecule has 0 unspecified atom stereocenters. The van der Waals surface area contributed by atoms with Gasteiger partial charge in [-0.1, -0.05) is 30.3 Å². The van der Waals surface area contributed by atoms with Gasteiger partial charge in [0.05, 0.1) is 30.3 Å². The molecule has 1 aliphatic rings. The van der Waals surface area contributed by atoms with E-state index >= 15 is 0 Å². The number of nitrogens with one attached hydrogen (secondary N) is 3. The molecule has 0 spiro atoms. The van der Waals surface area contributed by atoms with Crippen molar-refractivity contribution in [1.82, 2.24) is 20.6 Å². The van der Waals surface area contributed by atoms with Gasteiger partial charge in [-0.05, 0) is 12.0 Å². The van der Waals surface area contributed by atoms with E-state index in [1.165, 1.54) is 12.4 Å². The number of rotatable bonds is 7. The molecule has 0 radical (unpaired) electrons. The van der Waals surface area contributed by atoms with E-state index in [9.17, 15) is 0 Å². The molecule has 27 heavy (non-hydrogen) atoms. The Morgan fingerprint density at radius 3 is 2.74 bits per heavy atom. The number of benzene rings is 1. The lowest BCUT2D eigenvalue weighted by Gasteiger charge is -2.22. The summed E-state index contributed by atoms with van der Waals surface area (Å²) in [6.07, 6.45) is 5.59. The van der Waals surface area contributed by atoms with Gasteiger partial charge >= 0.3 is 0 Å². The van der Waals surface area contributed by atoms with Crippen molar-refractivity contribution < 1.29 is 0 Å². The second kappa shape index (κ2) is 8.69. The van der Waals surface area contributed by atoms with E-state index in [4.69, 9.17) is 16.7 Å². The zero-order valence-electron chi connectivity index (χ0n) is 14.8. The van der Waals surface area contributed by atoms with E-state index in [2.05, 4.69) is 25.9 Å². The number of allylic oxidation sites excluding steroid dienone is 1. The smallest absolute Gasteiger partial charge is 0.158 e. The van der Waals surface area contributed by atoms with Gasteiger partial charge in [-0.2, -0.15) is 5.26 Å². The molecule has 8 heteroatoms. The fourth-order valence-electron chi connectivity index (χ4n) is 2.64. The minimum atomic E-state index is -0.0299. The zero-order chi connectivity index (χ0) is 19.1. The summed E-state index contributed by atoms with van der Waals surface area (Å²) >= 11 is 0. The summed E-state index contributed by atoms with van der Waals surface area (Å²) in [5.74, 6) is 1.29. The lowest BCUT2D eigenvalue weighted by molar-refractivity contribution is 0.614. The average molecular weight is 362 g/mol. The summed E-state index contributed by atoms with van der Waals surface area (Å²) in [6, 6.07) is 11.9. The summed E-state index contributed by atoms with van der Waals surface area (Å²) in [5.41, 5.74) is 15.3. The molecular formula is C19H22N8. The van der Waals surface area contributed by atoms with Crippen LogP contribution in [0, 0.1) is 11.3 Å². The van der Waals surface area contributed by atoms with Crippen LogP contribution in [0.5, 0.6) is 0 Å². The molecule has 1 aromatic carbocycles. The molecule has 1 atom stereocenters. The van der Waals surface area contributed by atoms with Gasteiger partial charge in [-0.15, -0.1) is 0 Å². The van der Waals surface area contributed by atoms with Crippen LogP contribution >= 0.6 is 0 Å². The molecule has 3 rings (SSSR count). The number of anilines is 1. The van der Waals surface area contributed by atoms with Crippen molar-refractivity contribution in [1.29, 1.82) is 5.26 Å². The summed E-state index contributed by atoms with van der Waals surface area (Å²) in [6.45, 7) is 1.21. The van der Waals surface area contributed by atoms with Gasteiger partial charge in [0.1, 0.15) is 17.7 Å². The van der Waals surface area contributed by atoms with Crippen LogP contribution in [0.25, 0.3) is 0 Å². The van der Waals surface area contributed by atoms with Crippen molar-refractivity contribution in [3.8, 4) is 6.07 Å². The minimum Gasteiger partial charge on any atom is -0.399 e. The summed E-state index contributed by atoms with van der Waals surface area (Å²) in [7, 11) is 0. The first-order valence-electron chi connectivity index (χ1n) is 8.63. The van der Waals surface area contributed by atoms with Crippen molar-refractivity contribution in [3.05, 3.63) is 77.3 Å². The third kappa shape index (κ3) is 4.96. The van der Waals surface area contributed by atoms with Crippen LogP contribution in [0.4, 0.5) is 5.82 Å². The predicted molar refractivity (Wildman–Crippen MR) is 104 cm³/mol. The van der Waals surface area contributed by atoms with E-state index < -0.39 is 0 Å². The highest BCUT2D eigenvalue weighted by atomic mass is 15.1. The predicted octanol–water partition coefficient (Wildman–Crippen LogP) is 1.05. The Morgan fingerprint density at radius 1 is 1.22 bits per heavy atom.